The number of para-hydroxylation sites is 1. The van der Waals surface area contributed by atoms with Crippen LogP contribution >= 0.6 is 0 Å². The van der Waals surface area contributed by atoms with E-state index in [0.717, 1.165) is 22.5 Å². The average Bonchev–Trinajstić information content (AvgIpc) is 2.96. The van der Waals surface area contributed by atoms with Crippen molar-refractivity contribution in [2.24, 2.45) is 0 Å². The van der Waals surface area contributed by atoms with Crippen molar-refractivity contribution in [1.82, 2.24) is 15.1 Å². The third kappa shape index (κ3) is 4.39. The smallest absolute Gasteiger partial charge is 0.226 e. The second-order valence-corrected chi connectivity index (χ2v) is 6.58. The number of aryl methyl sites for hydroxylation is 2. The third-order valence-corrected chi connectivity index (χ3v) is 4.47. The van der Waals surface area contributed by atoms with E-state index in [1.807, 2.05) is 45.0 Å². The molecule has 28 heavy (non-hydrogen) atoms. The lowest BCUT2D eigenvalue weighted by Gasteiger charge is -2.13. The van der Waals surface area contributed by atoms with Crippen LogP contribution in [-0.2, 0) is 11.2 Å². The molecule has 6 heteroatoms. The number of carbonyl (C=O) groups is 1. The maximum Gasteiger partial charge on any atom is 0.226 e. The molecule has 3 aromatic rings. The minimum absolute atomic E-state index is 0.0257. The van der Waals surface area contributed by atoms with Gasteiger partial charge in [-0.1, -0.05) is 24.3 Å². The lowest BCUT2D eigenvalue weighted by Crippen LogP contribution is -2.22. The maximum absolute atomic E-state index is 13.6. The highest BCUT2D eigenvalue weighted by atomic mass is 19.1. The summed E-state index contributed by atoms with van der Waals surface area (Å²) >= 11 is 0. The molecule has 0 fully saturated rings. The second-order valence-electron chi connectivity index (χ2n) is 6.58. The van der Waals surface area contributed by atoms with Gasteiger partial charge in [0.05, 0.1) is 11.4 Å². The molecule has 1 N–H and O–H groups in total. The van der Waals surface area contributed by atoms with Crippen LogP contribution in [0.15, 0.2) is 48.5 Å². The Morgan fingerprint density at radius 1 is 1.18 bits per heavy atom. The number of benzene rings is 2. The quantitative estimate of drug-likeness (QED) is 0.656. The summed E-state index contributed by atoms with van der Waals surface area (Å²) in [5.41, 5.74) is 3.52. The fraction of sp³-hybridized carbons (Fsp3) is 0.273. The minimum atomic E-state index is -0.375. The zero-order valence-corrected chi connectivity index (χ0v) is 16.3. The van der Waals surface area contributed by atoms with Crippen LogP contribution in [0.25, 0.3) is 5.69 Å². The van der Waals surface area contributed by atoms with Gasteiger partial charge in [-0.25, -0.2) is 4.39 Å². The van der Waals surface area contributed by atoms with Crippen molar-refractivity contribution in [3.8, 4) is 17.3 Å². The van der Waals surface area contributed by atoms with Gasteiger partial charge in [-0.2, -0.15) is 9.78 Å². The summed E-state index contributed by atoms with van der Waals surface area (Å²) in [6, 6.07) is 13.8. The van der Waals surface area contributed by atoms with Gasteiger partial charge < -0.3 is 10.1 Å². The van der Waals surface area contributed by atoms with Crippen LogP contribution in [0.4, 0.5) is 4.39 Å². The molecule has 0 bridgehead atoms. The van der Waals surface area contributed by atoms with Gasteiger partial charge in [0.25, 0.3) is 0 Å². The number of hydrogen-bond acceptors (Lipinski definition) is 3. The van der Waals surface area contributed by atoms with Crippen LogP contribution in [0.2, 0.25) is 0 Å². The average molecular weight is 381 g/mol. The van der Waals surface area contributed by atoms with Gasteiger partial charge in [-0.3, -0.25) is 4.79 Å². The first-order valence-electron chi connectivity index (χ1n) is 9.34. The van der Waals surface area contributed by atoms with Crippen molar-refractivity contribution >= 4 is 5.91 Å². The molecule has 1 aromatic heterocycles. The third-order valence-electron chi connectivity index (χ3n) is 4.47. The fourth-order valence-electron chi connectivity index (χ4n) is 3.06. The van der Waals surface area contributed by atoms with Crippen LogP contribution in [0.3, 0.4) is 0 Å². The van der Waals surface area contributed by atoms with Crippen LogP contribution < -0.4 is 10.1 Å². The summed E-state index contributed by atoms with van der Waals surface area (Å²) in [5, 5.41) is 7.45. The fourth-order valence-corrected chi connectivity index (χ4v) is 3.06. The SMILES string of the molecule is CCNC(=O)CCc1c(C)nn(-c2ccccc2C)c1Oc1cccc(F)c1. The first-order chi connectivity index (χ1) is 13.5. The van der Waals surface area contributed by atoms with Gasteiger partial charge in [0, 0.05) is 24.6 Å². The van der Waals surface area contributed by atoms with E-state index in [4.69, 9.17) is 4.74 Å². The van der Waals surface area contributed by atoms with Gasteiger partial charge in [0.2, 0.25) is 11.8 Å². The number of nitrogens with zero attached hydrogens (tertiary/aromatic N) is 2. The molecule has 0 spiro atoms. The number of rotatable bonds is 7. The Morgan fingerprint density at radius 2 is 1.96 bits per heavy atom. The number of amides is 1. The molecule has 2 aromatic carbocycles. The number of halogens is 1. The lowest BCUT2D eigenvalue weighted by atomic mass is 10.1. The second kappa shape index (κ2) is 8.69. The summed E-state index contributed by atoms with van der Waals surface area (Å²) in [6.45, 7) is 6.36. The van der Waals surface area contributed by atoms with Gasteiger partial charge >= 0.3 is 0 Å². The molecular formula is C22H24FN3O2. The molecule has 0 saturated carbocycles. The summed E-state index contributed by atoms with van der Waals surface area (Å²) in [6.07, 6.45) is 0.807. The first-order valence-corrected chi connectivity index (χ1v) is 9.34. The summed E-state index contributed by atoms with van der Waals surface area (Å²) in [5.74, 6) is 0.484. The first kappa shape index (κ1) is 19.6. The molecule has 5 nitrogen and oxygen atoms in total. The van der Waals surface area contributed by atoms with Gasteiger partial charge in [-0.15, -0.1) is 0 Å². The predicted octanol–water partition coefficient (Wildman–Crippen LogP) is 4.49. The Bertz CT molecular complexity index is 982. The van der Waals surface area contributed by atoms with Gasteiger partial charge in [0.1, 0.15) is 11.6 Å². The zero-order valence-electron chi connectivity index (χ0n) is 16.3. The van der Waals surface area contributed by atoms with Gasteiger partial charge in [0.15, 0.2) is 0 Å². The summed E-state index contributed by atoms with van der Waals surface area (Å²) in [4.78, 5) is 11.9. The van der Waals surface area contributed by atoms with Crippen molar-refractivity contribution in [1.29, 1.82) is 0 Å². The minimum Gasteiger partial charge on any atom is -0.439 e. The van der Waals surface area contributed by atoms with E-state index in [1.54, 1.807) is 16.8 Å². The molecule has 146 valence electrons. The van der Waals surface area contributed by atoms with Crippen molar-refractivity contribution in [3.05, 3.63) is 71.2 Å². The Balaban J connectivity index is 2.03. The van der Waals surface area contributed by atoms with Crippen LogP contribution in [-0.4, -0.2) is 22.2 Å². The van der Waals surface area contributed by atoms with E-state index in [1.165, 1.54) is 12.1 Å². The van der Waals surface area contributed by atoms with Crippen molar-refractivity contribution in [2.75, 3.05) is 6.54 Å². The normalized spacial score (nSPS) is 10.7. The highest BCUT2D eigenvalue weighted by Crippen LogP contribution is 2.32. The zero-order chi connectivity index (χ0) is 20.1. The van der Waals surface area contributed by atoms with Crippen molar-refractivity contribution in [3.63, 3.8) is 0 Å². The molecule has 0 aliphatic carbocycles. The molecule has 0 atom stereocenters. The molecule has 0 aliphatic heterocycles. The largest absolute Gasteiger partial charge is 0.439 e. The van der Waals surface area contributed by atoms with E-state index in [9.17, 15) is 9.18 Å². The van der Waals surface area contributed by atoms with Gasteiger partial charge in [-0.05, 0) is 51.0 Å². The Hall–Kier alpha value is -3.15. The molecule has 0 saturated heterocycles. The van der Waals surface area contributed by atoms with E-state index in [-0.39, 0.29) is 11.7 Å². The van der Waals surface area contributed by atoms with Crippen LogP contribution in [0.5, 0.6) is 11.6 Å². The molecule has 1 amide bonds. The summed E-state index contributed by atoms with van der Waals surface area (Å²) in [7, 11) is 0. The number of ether oxygens (including phenoxy) is 1. The van der Waals surface area contributed by atoms with Crippen molar-refractivity contribution in [2.45, 2.75) is 33.6 Å². The van der Waals surface area contributed by atoms with Crippen LogP contribution in [0.1, 0.15) is 30.2 Å². The van der Waals surface area contributed by atoms with E-state index in [2.05, 4.69) is 10.4 Å². The molecule has 3 rings (SSSR count). The molecule has 1 heterocycles. The Labute approximate surface area is 164 Å². The summed E-state index contributed by atoms with van der Waals surface area (Å²) < 4.78 is 21.4. The monoisotopic (exact) mass is 381 g/mol. The van der Waals surface area contributed by atoms with Crippen molar-refractivity contribution < 1.29 is 13.9 Å². The lowest BCUT2D eigenvalue weighted by molar-refractivity contribution is -0.120. The standard InChI is InChI=1S/C22H24FN3O2/c1-4-24-21(27)13-12-19-16(3)25-26(20-11-6-5-8-15(20)2)22(19)28-18-10-7-9-17(23)14-18/h5-11,14H,4,12-13H2,1-3H3,(H,24,27). The highest BCUT2D eigenvalue weighted by Gasteiger charge is 2.20. The number of nitrogens with one attached hydrogen (secondary N) is 1. The number of hydrogen-bond donors (Lipinski definition) is 1. The number of carbonyl (C=O) groups excluding carboxylic acids is 1. The predicted molar refractivity (Wildman–Crippen MR) is 107 cm³/mol. The number of aromatic nitrogens is 2. The Morgan fingerprint density at radius 3 is 2.68 bits per heavy atom. The van der Waals surface area contributed by atoms with E-state index >= 15 is 0 Å². The topological polar surface area (TPSA) is 56.2 Å². The van der Waals surface area contributed by atoms with Crippen LogP contribution in [0, 0.1) is 19.7 Å². The Kier molecular flexibility index (Phi) is 6.09. The molecular weight excluding hydrogens is 357 g/mol. The molecule has 0 radical (unpaired) electrons. The van der Waals surface area contributed by atoms with E-state index in [0.29, 0.717) is 31.0 Å². The maximum atomic E-state index is 13.6. The highest BCUT2D eigenvalue weighted by molar-refractivity contribution is 5.76. The molecule has 0 aliphatic rings. The van der Waals surface area contributed by atoms with E-state index < -0.39 is 0 Å². The molecule has 0 unspecified atom stereocenters.